The summed E-state index contributed by atoms with van der Waals surface area (Å²) in [5, 5.41) is 0. The van der Waals surface area contributed by atoms with Gasteiger partial charge in [-0.1, -0.05) is 19.8 Å². The lowest BCUT2D eigenvalue weighted by molar-refractivity contribution is 0.112. The van der Waals surface area contributed by atoms with Gasteiger partial charge in [-0.05, 0) is 43.4 Å². The Bertz CT molecular complexity index is 428. The van der Waals surface area contributed by atoms with Crippen LogP contribution in [0.15, 0.2) is 18.2 Å². The Morgan fingerprint density at radius 1 is 1.32 bits per heavy atom. The number of rotatable bonds is 5. The van der Waals surface area contributed by atoms with E-state index in [1.54, 1.807) is 19.2 Å². The third kappa shape index (κ3) is 3.49. The van der Waals surface area contributed by atoms with Crippen LogP contribution in [0.1, 0.15) is 49.4 Å². The molecule has 0 N–H and O–H groups in total. The van der Waals surface area contributed by atoms with Crippen molar-refractivity contribution in [3.63, 3.8) is 0 Å². The Morgan fingerprint density at radius 2 is 2.16 bits per heavy atom. The fourth-order valence-corrected chi connectivity index (χ4v) is 2.75. The molecule has 2 unspecified atom stereocenters. The smallest absolute Gasteiger partial charge is 0.161 e. The van der Waals surface area contributed by atoms with Gasteiger partial charge in [0.2, 0.25) is 0 Å². The highest BCUT2D eigenvalue weighted by atomic mass is 16.5. The van der Waals surface area contributed by atoms with Crippen LogP contribution < -0.4 is 9.47 Å². The van der Waals surface area contributed by atoms with Crippen LogP contribution >= 0.6 is 0 Å². The Hall–Kier alpha value is -1.51. The van der Waals surface area contributed by atoms with E-state index in [9.17, 15) is 4.79 Å². The van der Waals surface area contributed by atoms with Crippen LogP contribution in [0.5, 0.6) is 11.5 Å². The van der Waals surface area contributed by atoms with Crippen molar-refractivity contribution in [3.8, 4) is 11.5 Å². The Labute approximate surface area is 114 Å². The number of benzene rings is 1. The Balaban J connectivity index is 2.07. The largest absolute Gasteiger partial charge is 0.493 e. The second-order valence-electron chi connectivity index (χ2n) is 5.21. The molecular formula is C16H22O3. The molecule has 1 fully saturated rings. The van der Waals surface area contributed by atoms with Crippen molar-refractivity contribution in [3.05, 3.63) is 23.8 Å². The topological polar surface area (TPSA) is 35.5 Å². The summed E-state index contributed by atoms with van der Waals surface area (Å²) in [5.74, 6) is 2.16. The van der Waals surface area contributed by atoms with Gasteiger partial charge in [-0.25, -0.2) is 0 Å². The number of methoxy groups -OCH3 is 1. The second-order valence-corrected chi connectivity index (χ2v) is 5.21. The van der Waals surface area contributed by atoms with Gasteiger partial charge in [0, 0.05) is 5.56 Å². The number of hydrogen-bond donors (Lipinski definition) is 0. The minimum Gasteiger partial charge on any atom is -0.493 e. The van der Waals surface area contributed by atoms with Gasteiger partial charge in [-0.2, -0.15) is 0 Å². The summed E-state index contributed by atoms with van der Waals surface area (Å²) in [7, 11) is 1.60. The average Bonchev–Trinajstić information content (AvgIpc) is 2.48. The summed E-state index contributed by atoms with van der Waals surface area (Å²) in [5.41, 5.74) is 0.610. The Morgan fingerprint density at radius 3 is 2.84 bits per heavy atom. The summed E-state index contributed by atoms with van der Waals surface area (Å²) in [4.78, 5) is 10.8. The van der Waals surface area contributed by atoms with E-state index in [4.69, 9.17) is 9.47 Å². The van der Waals surface area contributed by atoms with Crippen LogP contribution in [0.4, 0.5) is 0 Å². The number of carbonyl (C=O) groups excluding carboxylic acids is 1. The molecule has 0 amide bonds. The lowest BCUT2D eigenvalue weighted by Crippen LogP contribution is -2.25. The molecule has 0 aromatic heterocycles. The quantitative estimate of drug-likeness (QED) is 0.756. The molecule has 3 heteroatoms. The van der Waals surface area contributed by atoms with Gasteiger partial charge in [0.05, 0.1) is 13.2 Å². The lowest BCUT2D eigenvalue weighted by atomic mass is 9.85. The zero-order valence-corrected chi connectivity index (χ0v) is 11.7. The van der Waals surface area contributed by atoms with Gasteiger partial charge in [0.25, 0.3) is 0 Å². The summed E-state index contributed by atoms with van der Waals surface area (Å²) in [6.07, 6.45) is 7.09. The predicted octanol–water partition coefficient (Wildman–Crippen LogP) is 3.86. The normalized spacial score (nSPS) is 22.8. The minimum atomic E-state index is 0.273. The second kappa shape index (κ2) is 6.60. The van der Waals surface area contributed by atoms with Gasteiger partial charge in [0.15, 0.2) is 11.5 Å². The van der Waals surface area contributed by atoms with Gasteiger partial charge in [-0.3, -0.25) is 4.79 Å². The van der Waals surface area contributed by atoms with E-state index in [0.717, 1.165) is 30.8 Å². The molecule has 0 bridgehead atoms. The highest BCUT2D eigenvalue weighted by Gasteiger charge is 2.23. The number of hydrogen-bond acceptors (Lipinski definition) is 3. The van der Waals surface area contributed by atoms with E-state index in [1.807, 2.05) is 6.07 Å². The first-order valence-electron chi connectivity index (χ1n) is 7.06. The van der Waals surface area contributed by atoms with Crippen molar-refractivity contribution in [2.75, 3.05) is 7.11 Å². The molecule has 1 aromatic rings. The molecule has 2 atom stereocenters. The fraction of sp³-hybridized carbons (Fsp3) is 0.562. The molecule has 2 rings (SSSR count). The highest BCUT2D eigenvalue weighted by Crippen LogP contribution is 2.33. The maximum atomic E-state index is 10.8. The minimum absolute atomic E-state index is 0.273. The SMILES string of the molecule is CCC1CCCC(Oc2ccc(C=O)cc2OC)C1. The van der Waals surface area contributed by atoms with E-state index < -0.39 is 0 Å². The van der Waals surface area contributed by atoms with Crippen molar-refractivity contribution < 1.29 is 14.3 Å². The zero-order valence-electron chi connectivity index (χ0n) is 11.7. The summed E-state index contributed by atoms with van der Waals surface area (Å²) >= 11 is 0. The Kier molecular flexibility index (Phi) is 4.83. The third-order valence-electron chi connectivity index (χ3n) is 3.93. The molecule has 1 aromatic carbocycles. The molecule has 1 aliphatic carbocycles. The van der Waals surface area contributed by atoms with Crippen LogP contribution in [-0.2, 0) is 0 Å². The first-order valence-corrected chi connectivity index (χ1v) is 7.06. The highest BCUT2D eigenvalue weighted by molar-refractivity contribution is 5.76. The van der Waals surface area contributed by atoms with Gasteiger partial charge >= 0.3 is 0 Å². The molecule has 0 heterocycles. The van der Waals surface area contributed by atoms with Gasteiger partial charge < -0.3 is 9.47 Å². The fourth-order valence-electron chi connectivity index (χ4n) is 2.75. The predicted molar refractivity (Wildman–Crippen MR) is 75.0 cm³/mol. The van der Waals surface area contributed by atoms with Crippen molar-refractivity contribution in [2.45, 2.75) is 45.1 Å². The van der Waals surface area contributed by atoms with Crippen LogP contribution in [-0.4, -0.2) is 19.5 Å². The standard InChI is InChI=1S/C16H22O3/c1-3-12-5-4-6-14(9-12)19-15-8-7-13(11-17)10-16(15)18-2/h7-8,10-12,14H,3-6,9H2,1-2H3. The summed E-state index contributed by atoms with van der Waals surface area (Å²) < 4.78 is 11.4. The molecule has 1 aliphatic rings. The molecule has 19 heavy (non-hydrogen) atoms. The molecule has 0 saturated heterocycles. The zero-order chi connectivity index (χ0) is 13.7. The molecule has 0 radical (unpaired) electrons. The molecule has 0 aliphatic heterocycles. The number of aldehydes is 1. The van der Waals surface area contributed by atoms with Crippen molar-refractivity contribution >= 4 is 6.29 Å². The first kappa shape index (κ1) is 13.9. The van der Waals surface area contributed by atoms with Crippen LogP contribution in [0.2, 0.25) is 0 Å². The van der Waals surface area contributed by atoms with E-state index in [1.165, 1.54) is 19.3 Å². The summed E-state index contributed by atoms with van der Waals surface area (Å²) in [6.45, 7) is 2.24. The van der Waals surface area contributed by atoms with Gasteiger partial charge in [-0.15, -0.1) is 0 Å². The average molecular weight is 262 g/mol. The maximum absolute atomic E-state index is 10.8. The van der Waals surface area contributed by atoms with E-state index in [0.29, 0.717) is 11.3 Å². The van der Waals surface area contributed by atoms with Gasteiger partial charge in [0.1, 0.15) is 6.29 Å². The maximum Gasteiger partial charge on any atom is 0.161 e. The molecule has 3 nitrogen and oxygen atoms in total. The van der Waals surface area contributed by atoms with Crippen LogP contribution in [0.3, 0.4) is 0 Å². The van der Waals surface area contributed by atoms with E-state index in [-0.39, 0.29) is 6.10 Å². The number of ether oxygens (including phenoxy) is 2. The molecule has 104 valence electrons. The van der Waals surface area contributed by atoms with Crippen molar-refractivity contribution in [1.82, 2.24) is 0 Å². The monoisotopic (exact) mass is 262 g/mol. The third-order valence-corrected chi connectivity index (χ3v) is 3.93. The molecule has 1 saturated carbocycles. The summed E-state index contributed by atoms with van der Waals surface area (Å²) in [6, 6.07) is 5.32. The van der Waals surface area contributed by atoms with E-state index >= 15 is 0 Å². The first-order chi connectivity index (χ1) is 9.26. The van der Waals surface area contributed by atoms with Crippen LogP contribution in [0, 0.1) is 5.92 Å². The lowest BCUT2D eigenvalue weighted by Gasteiger charge is -2.29. The van der Waals surface area contributed by atoms with Crippen molar-refractivity contribution in [1.29, 1.82) is 0 Å². The number of carbonyl (C=O) groups is 1. The van der Waals surface area contributed by atoms with Crippen LogP contribution in [0.25, 0.3) is 0 Å². The molecular weight excluding hydrogens is 240 g/mol. The van der Waals surface area contributed by atoms with E-state index in [2.05, 4.69) is 6.92 Å². The molecule has 0 spiro atoms. The van der Waals surface area contributed by atoms with Crippen molar-refractivity contribution in [2.24, 2.45) is 5.92 Å².